The van der Waals surface area contributed by atoms with Crippen molar-refractivity contribution in [2.75, 3.05) is 30.9 Å². The fraction of sp³-hybridized carbons (Fsp3) is 0.320. The number of pyridine rings is 1. The quantitative estimate of drug-likeness (QED) is 0.432. The summed E-state index contributed by atoms with van der Waals surface area (Å²) in [4.78, 5) is 16.6. The summed E-state index contributed by atoms with van der Waals surface area (Å²) in [5.41, 5.74) is 4.74. The Bertz CT molecular complexity index is 1520. The monoisotopic (exact) mass is 510 g/mol. The number of aliphatic hydroxyl groups is 1. The molecule has 0 amide bonds. The van der Waals surface area contributed by atoms with Gasteiger partial charge in [-0.3, -0.25) is 0 Å². The van der Waals surface area contributed by atoms with Crippen LogP contribution >= 0.6 is 11.3 Å². The number of hydrogen-bond acceptors (Lipinski definition) is 9. The molecule has 10 heteroatoms. The van der Waals surface area contributed by atoms with Crippen molar-refractivity contribution in [1.29, 1.82) is 0 Å². The average Bonchev–Trinajstić information content (AvgIpc) is 3.27. The molecule has 3 aromatic heterocycles. The summed E-state index contributed by atoms with van der Waals surface area (Å²) in [5, 5.41) is 11.7. The van der Waals surface area contributed by atoms with Crippen LogP contribution in [-0.2, 0) is 21.2 Å². The van der Waals surface area contributed by atoms with Crippen LogP contribution < -0.4 is 4.90 Å². The summed E-state index contributed by atoms with van der Waals surface area (Å²) < 4.78 is 30.6. The Morgan fingerprint density at radius 2 is 2.00 bits per heavy atom. The molecule has 5 rings (SSSR count). The molecule has 0 saturated carbocycles. The lowest BCUT2D eigenvalue weighted by Gasteiger charge is -2.34. The zero-order valence-electron chi connectivity index (χ0n) is 19.7. The number of nitrogens with zero attached hydrogens (tertiary/aromatic N) is 4. The van der Waals surface area contributed by atoms with Crippen molar-refractivity contribution in [1.82, 2.24) is 15.0 Å². The smallest absolute Gasteiger partial charge is 0.192 e. The number of ether oxygens (including phenoxy) is 1. The zero-order chi connectivity index (χ0) is 24.7. The van der Waals surface area contributed by atoms with Crippen molar-refractivity contribution in [3.63, 3.8) is 0 Å². The van der Waals surface area contributed by atoms with Gasteiger partial charge in [-0.1, -0.05) is 18.2 Å². The summed E-state index contributed by atoms with van der Waals surface area (Å²) in [5.74, 6) is 1.42. The number of benzene rings is 1. The summed E-state index contributed by atoms with van der Waals surface area (Å²) in [7, 11) is -3.40. The van der Waals surface area contributed by atoms with Crippen molar-refractivity contribution < 1.29 is 18.3 Å². The maximum Gasteiger partial charge on any atom is 0.192 e. The van der Waals surface area contributed by atoms with E-state index in [-0.39, 0.29) is 17.7 Å². The summed E-state index contributed by atoms with van der Waals surface area (Å²) in [6, 6.07) is 11.1. The predicted molar refractivity (Wildman–Crippen MR) is 137 cm³/mol. The summed E-state index contributed by atoms with van der Waals surface area (Å²) in [6.07, 6.45) is 1.16. The van der Waals surface area contributed by atoms with Crippen molar-refractivity contribution >= 4 is 37.2 Å². The van der Waals surface area contributed by atoms with Crippen LogP contribution in [0.15, 0.2) is 46.8 Å². The van der Waals surface area contributed by atoms with Gasteiger partial charge in [0, 0.05) is 40.6 Å². The second-order valence-electron chi connectivity index (χ2n) is 8.73. The van der Waals surface area contributed by atoms with Crippen LogP contribution in [-0.4, -0.2) is 60.5 Å². The minimum absolute atomic E-state index is 0.0530. The van der Waals surface area contributed by atoms with Gasteiger partial charge in [0.2, 0.25) is 0 Å². The second kappa shape index (κ2) is 9.27. The Morgan fingerprint density at radius 1 is 1.17 bits per heavy atom. The van der Waals surface area contributed by atoms with Gasteiger partial charge in [-0.2, -0.15) is 0 Å². The molecule has 0 aliphatic carbocycles. The van der Waals surface area contributed by atoms with Gasteiger partial charge < -0.3 is 14.7 Å². The Hall–Kier alpha value is -2.92. The highest BCUT2D eigenvalue weighted by atomic mass is 32.2. The van der Waals surface area contributed by atoms with E-state index in [4.69, 9.17) is 14.7 Å². The number of morpholine rings is 1. The highest BCUT2D eigenvalue weighted by molar-refractivity contribution is 7.90. The van der Waals surface area contributed by atoms with Crippen LogP contribution in [0.2, 0.25) is 0 Å². The number of hydrogen-bond donors (Lipinski definition) is 1. The fourth-order valence-corrected chi connectivity index (χ4v) is 5.93. The standard InChI is InChI=1S/C25H26N4O4S2/c1-15-13-33-10-9-29(15)25-23-22(27-24(28-25)18-6-4-5-17(11-18)12-30)20(14-34-23)19-7-8-21(26-16(19)2)35(3,31)32/h4-8,11,14-15,30H,9-10,12-13H2,1-3H3/t15-/m1/s1. The normalized spacial score (nSPS) is 16.7. The molecule has 0 spiro atoms. The highest BCUT2D eigenvalue weighted by Gasteiger charge is 2.26. The van der Waals surface area contributed by atoms with E-state index in [9.17, 15) is 13.5 Å². The first kappa shape index (κ1) is 23.8. The lowest BCUT2D eigenvalue weighted by molar-refractivity contribution is 0.0987. The van der Waals surface area contributed by atoms with Crippen LogP contribution in [0.1, 0.15) is 18.2 Å². The van der Waals surface area contributed by atoms with E-state index >= 15 is 0 Å². The molecule has 1 saturated heterocycles. The maximum atomic E-state index is 12.0. The number of aliphatic hydroxyl groups excluding tert-OH is 1. The zero-order valence-corrected chi connectivity index (χ0v) is 21.4. The molecule has 1 fully saturated rings. The first-order valence-electron chi connectivity index (χ1n) is 11.3. The van der Waals surface area contributed by atoms with E-state index in [2.05, 4.69) is 16.8 Å². The van der Waals surface area contributed by atoms with E-state index in [0.717, 1.165) is 51.1 Å². The van der Waals surface area contributed by atoms with Gasteiger partial charge in [-0.05, 0) is 37.6 Å². The fourth-order valence-electron chi connectivity index (χ4n) is 4.30. The minimum Gasteiger partial charge on any atom is -0.392 e. The maximum absolute atomic E-state index is 12.0. The number of aryl methyl sites for hydroxylation is 1. The molecule has 1 atom stereocenters. The Balaban J connectivity index is 1.73. The van der Waals surface area contributed by atoms with E-state index in [1.165, 1.54) is 0 Å². The van der Waals surface area contributed by atoms with Crippen LogP contribution in [0, 0.1) is 6.92 Å². The molecular formula is C25H26N4O4S2. The molecule has 1 aliphatic rings. The average molecular weight is 511 g/mol. The third kappa shape index (κ3) is 4.54. The number of thiophene rings is 1. The van der Waals surface area contributed by atoms with Gasteiger partial charge in [-0.25, -0.2) is 23.4 Å². The largest absolute Gasteiger partial charge is 0.392 e. The molecule has 0 radical (unpaired) electrons. The van der Waals surface area contributed by atoms with Gasteiger partial charge in [0.1, 0.15) is 0 Å². The van der Waals surface area contributed by atoms with Gasteiger partial charge in [-0.15, -0.1) is 11.3 Å². The molecule has 4 aromatic rings. The number of sulfone groups is 1. The summed E-state index contributed by atoms with van der Waals surface area (Å²) in [6.45, 7) is 5.83. The lowest BCUT2D eigenvalue weighted by Crippen LogP contribution is -2.44. The molecule has 0 bridgehead atoms. The van der Waals surface area contributed by atoms with Crippen LogP contribution in [0.4, 0.5) is 5.82 Å². The topological polar surface area (TPSA) is 106 Å². The summed E-state index contributed by atoms with van der Waals surface area (Å²) >= 11 is 1.57. The highest BCUT2D eigenvalue weighted by Crippen LogP contribution is 2.40. The minimum atomic E-state index is -3.40. The number of fused-ring (bicyclic) bond motifs is 1. The second-order valence-corrected chi connectivity index (χ2v) is 11.6. The molecule has 1 N–H and O–H groups in total. The third-order valence-corrected chi connectivity index (χ3v) is 8.09. The number of aromatic nitrogens is 3. The molecule has 4 heterocycles. The molecule has 35 heavy (non-hydrogen) atoms. The third-order valence-electron chi connectivity index (χ3n) is 6.14. The molecule has 0 unspecified atom stereocenters. The molecule has 1 aromatic carbocycles. The van der Waals surface area contributed by atoms with Crippen LogP contribution in [0.3, 0.4) is 0 Å². The van der Waals surface area contributed by atoms with Gasteiger partial charge in [0.05, 0.1) is 36.1 Å². The van der Waals surface area contributed by atoms with Crippen LogP contribution in [0.5, 0.6) is 0 Å². The van der Waals surface area contributed by atoms with E-state index in [1.54, 1.807) is 23.5 Å². The van der Waals surface area contributed by atoms with E-state index < -0.39 is 9.84 Å². The molecular weight excluding hydrogens is 484 g/mol. The van der Waals surface area contributed by atoms with E-state index in [0.29, 0.717) is 24.7 Å². The van der Waals surface area contributed by atoms with E-state index in [1.807, 2.05) is 36.6 Å². The molecule has 182 valence electrons. The molecule has 8 nitrogen and oxygen atoms in total. The van der Waals surface area contributed by atoms with Gasteiger partial charge in [0.15, 0.2) is 26.5 Å². The lowest BCUT2D eigenvalue weighted by atomic mass is 10.1. The molecule has 1 aliphatic heterocycles. The first-order valence-corrected chi connectivity index (χ1v) is 14.0. The Morgan fingerprint density at radius 3 is 2.71 bits per heavy atom. The Labute approximate surface area is 208 Å². The van der Waals surface area contributed by atoms with Crippen molar-refractivity contribution in [2.45, 2.75) is 31.5 Å². The number of anilines is 1. The number of rotatable bonds is 5. The SMILES string of the molecule is Cc1nc(S(C)(=O)=O)ccc1-c1csc2c(N3CCOC[C@H]3C)nc(-c3cccc(CO)c3)nc12. The van der Waals surface area contributed by atoms with Crippen molar-refractivity contribution in [3.05, 3.63) is 53.0 Å². The van der Waals surface area contributed by atoms with Crippen LogP contribution in [0.25, 0.3) is 32.7 Å². The Kier molecular flexibility index (Phi) is 6.30. The predicted octanol–water partition coefficient (Wildman–Crippen LogP) is 3.85. The van der Waals surface area contributed by atoms with Gasteiger partial charge in [0.25, 0.3) is 0 Å². The van der Waals surface area contributed by atoms with Crippen molar-refractivity contribution in [2.24, 2.45) is 0 Å². The first-order chi connectivity index (χ1) is 16.8. The van der Waals surface area contributed by atoms with Crippen molar-refractivity contribution in [3.8, 4) is 22.5 Å². The van der Waals surface area contributed by atoms with Gasteiger partial charge >= 0.3 is 0 Å².